The van der Waals surface area contributed by atoms with Crippen molar-refractivity contribution in [2.45, 2.75) is 32.9 Å². The van der Waals surface area contributed by atoms with Crippen LogP contribution in [-0.2, 0) is 11.3 Å². The Morgan fingerprint density at radius 3 is 2.41 bits per heavy atom. The number of rotatable bonds is 3. The maximum absolute atomic E-state index is 12.0. The molecule has 1 fully saturated rings. The maximum Gasteiger partial charge on any atom is 0.341 e. The Morgan fingerprint density at radius 1 is 1.27 bits per heavy atom. The Bertz CT molecular complexity index is 531. The van der Waals surface area contributed by atoms with E-state index >= 15 is 0 Å². The molecule has 22 heavy (non-hydrogen) atoms. The number of esters is 1. The van der Waals surface area contributed by atoms with Crippen molar-refractivity contribution in [2.24, 2.45) is 5.73 Å². The number of piperazine rings is 1. The standard InChI is InChI=1S/C16H26N4O2/c1-16(2,3)20-9-7-19(8-10-20)14-13(15(21)22-4)6-5-12(11-17)18-14/h5-6H,7-11,17H2,1-4H3. The Labute approximate surface area is 132 Å². The first-order chi connectivity index (χ1) is 10.4. The molecule has 2 N–H and O–H groups in total. The van der Waals surface area contributed by atoms with Gasteiger partial charge in [-0.25, -0.2) is 9.78 Å². The second-order valence-electron chi connectivity index (χ2n) is 6.51. The summed E-state index contributed by atoms with van der Waals surface area (Å²) in [6, 6.07) is 3.54. The molecule has 0 spiro atoms. The van der Waals surface area contributed by atoms with E-state index in [0.717, 1.165) is 31.9 Å². The van der Waals surface area contributed by atoms with Crippen LogP contribution in [-0.4, -0.2) is 54.7 Å². The van der Waals surface area contributed by atoms with E-state index in [1.807, 2.05) is 0 Å². The zero-order valence-corrected chi connectivity index (χ0v) is 13.9. The van der Waals surface area contributed by atoms with Crippen LogP contribution in [0.5, 0.6) is 0 Å². The van der Waals surface area contributed by atoms with Crippen LogP contribution in [0.3, 0.4) is 0 Å². The summed E-state index contributed by atoms with van der Waals surface area (Å²) in [6.07, 6.45) is 0. The maximum atomic E-state index is 12.0. The summed E-state index contributed by atoms with van der Waals surface area (Å²) in [6.45, 7) is 10.6. The molecule has 0 bridgehead atoms. The van der Waals surface area contributed by atoms with E-state index in [2.05, 4.69) is 35.6 Å². The highest BCUT2D eigenvalue weighted by molar-refractivity contribution is 5.94. The first kappa shape index (κ1) is 16.7. The van der Waals surface area contributed by atoms with Crippen molar-refractivity contribution in [1.82, 2.24) is 9.88 Å². The normalized spacial score (nSPS) is 16.7. The van der Waals surface area contributed by atoms with Gasteiger partial charge < -0.3 is 15.4 Å². The number of nitrogens with zero attached hydrogens (tertiary/aromatic N) is 3. The lowest BCUT2D eigenvalue weighted by Crippen LogP contribution is -2.53. The van der Waals surface area contributed by atoms with Crippen molar-refractivity contribution in [3.63, 3.8) is 0 Å². The Hall–Kier alpha value is -1.66. The Kier molecular flexibility index (Phi) is 5.03. The van der Waals surface area contributed by atoms with Crippen molar-refractivity contribution >= 4 is 11.8 Å². The van der Waals surface area contributed by atoms with Gasteiger partial charge in [0.25, 0.3) is 0 Å². The number of aromatic nitrogens is 1. The van der Waals surface area contributed by atoms with Crippen LogP contribution in [0.25, 0.3) is 0 Å². The fourth-order valence-electron chi connectivity index (χ4n) is 2.70. The monoisotopic (exact) mass is 306 g/mol. The lowest BCUT2D eigenvalue weighted by atomic mass is 10.0. The van der Waals surface area contributed by atoms with E-state index in [1.54, 1.807) is 12.1 Å². The number of pyridine rings is 1. The van der Waals surface area contributed by atoms with Crippen LogP contribution in [0.4, 0.5) is 5.82 Å². The molecule has 6 nitrogen and oxygen atoms in total. The van der Waals surface area contributed by atoms with E-state index < -0.39 is 0 Å². The van der Waals surface area contributed by atoms with E-state index in [-0.39, 0.29) is 11.5 Å². The highest BCUT2D eigenvalue weighted by atomic mass is 16.5. The molecule has 2 rings (SSSR count). The van der Waals surface area contributed by atoms with Crippen LogP contribution in [0.1, 0.15) is 36.8 Å². The highest BCUT2D eigenvalue weighted by Gasteiger charge is 2.28. The molecule has 0 atom stereocenters. The lowest BCUT2D eigenvalue weighted by Gasteiger charge is -2.42. The minimum absolute atomic E-state index is 0.157. The van der Waals surface area contributed by atoms with Gasteiger partial charge in [0.1, 0.15) is 11.4 Å². The summed E-state index contributed by atoms with van der Waals surface area (Å²) in [4.78, 5) is 21.1. The molecule has 0 aromatic carbocycles. The molecule has 0 radical (unpaired) electrons. The lowest BCUT2D eigenvalue weighted by molar-refractivity contribution is 0.0600. The zero-order chi connectivity index (χ0) is 16.3. The van der Waals surface area contributed by atoms with E-state index in [9.17, 15) is 4.79 Å². The molecule has 2 heterocycles. The van der Waals surface area contributed by atoms with Gasteiger partial charge in [-0.05, 0) is 32.9 Å². The second-order valence-corrected chi connectivity index (χ2v) is 6.51. The molecule has 6 heteroatoms. The summed E-state index contributed by atoms with van der Waals surface area (Å²) >= 11 is 0. The molecular formula is C16H26N4O2. The van der Waals surface area contributed by atoms with Crippen LogP contribution in [0.15, 0.2) is 12.1 Å². The third kappa shape index (κ3) is 3.56. The summed E-state index contributed by atoms with van der Waals surface area (Å²) in [7, 11) is 1.39. The predicted octanol–water partition coefficient (Wildman–Crippen LogP) is 1.25. The fourth-order valence-corrected chi connectivity index (χ4v) is 2.70. The molecule has 0 aliphatic carbocycles. The molecule has 0 unspecified atom stereocenters. The van der Waals surface area contributed by atoms with Gasteiger partial charge in [0.2, 0.25) is 0 Å². The average Bonchev–Trinajstić information content (AvgIpc) is 2.52. The third-order valence-electron chi connectivity index (χ3n) is 4.08. The number of carbonyl (C=O) groups is 1. The minimum Gasteiger partial charge on any atom is -0.465 e. The van der Waals surface area contributed by atoms with Gasteiger partial charge >= 0.3 is 5.97 Å². The molecular weight excluding hydrogens is 280 g/mol. The number of carbonyl (C=O) groups excluding carboxylic acids is 1. The van der Waals surface area contributed by atoms with Crippen LogP contribution < -0.4 is 10.6 Å². The van der Waals surface area contributed by atoms with Gasteiger partial charge in [0, 0.05) is 38.3 Å². The first-order valence-corrected chi connectivity index (χ1v) is 7.65. The molecule has 0 saturated carbocycles. The van der Waals surface area contributed by atoms with Gasteiger partial charge in [-0.1, -0.05) is 0 Å². The number of hydrogen-bond acceptors (Lipinski definition) is 6. The van der Waals surface area contributed by atoms with Crippen molar-refractivity contribution < 1.29 is 9.53 Å². The summed E-state index contributed by atoms with van der Waals surface area (Å²) < 4.78 is 4.87. The summed E-state index contributed by atoms with van der Waals surface area (Å²) in [5.41, 5.74) is 7.12. The van der Waals surface area contributed by atoms with Gasteiger partial charge in [-0.15, -0.1) is 0 Å². The zero-order valence-electron chi connectivity index (χ0n) is 13.9. The van der Waals surface area contributed by atoms with Crippen molar-refractivity contribution in [3.8, 4) is 0 Å². The van der Waals surface area contributed by atoms with Crippen LogP contribution in [0.2, 0.25) is 0 Å². The second kappa shape index (κ2) is 6.62. The molecule has 0 amide bonds. The fraction of sp³-hybridized carbons (Fsp3) is 0.625. The van der Waals surface area contributed by atoms with Gasteiger partial charge in [-0.3, -0.25) is 4.90 Å². The van der Waals surface area contributed by atoms with E-state index in [0.29, 0.717) is 17.9 Å². The highest BCUT2D eigenvalue weighted by Crippen LogP contribution is 2.23. The SMILES string of the molecule is COC(=O)c1ccc(CN)nc1N1CCN(C(C)(C)C)CC1. The summed E-state index contributed by atoms with van der Waals surface area (Å²) in [5.74, 6) is 0.327. The quantitative estimate of drug-likeness (QED) is 0.847. The van der Waals surface area contributed by atoms with Gasteiger partial charge in [-0.2, -0.15) is 0 Å². The minimum atomic E-state index is -0.357. The van der Waals surface area contributed by atoms with Crippen molar-refractivity contribution in [3.05, 3.63) is 23.4 Å². The Balaban J connectivity index is 2.23. The number of ether oxygens (including phenoxy) is 1. The molecule has 1 aromatic heterocycles. The number of hydrogen-bond donors (Lipinski definition) is 1. The van der Waals surface area contributed by atoms with E-state index in [1.165, 1.54) is 7.11 Å². The number of methoxy groups -OCH3 is 1. The average molecular weight is 306 g/mol. The predicted molar refractivity (Wildman–Crippen MR) is 87.0 cm³/mol. The van der Waals surface area contributed by atoms with Gasteiger partial charge in [0.15, 0.2) is 0 Å². The Morgan fingerprint density at radius 2 is 1.91 bits per heavy atom. The van der Waals surface area contributed by atoms with Crippen molar-refractivity contribution in [2.75, 3.05) is 38.2 Å². The topological polar surface area (TPSA) is 71.7 Å². The van der Waals surface area contributed by atoms with E-state index in [4.69, 9.17) is 10.5 Å². The number of anilines is 1. The smallest absolute Gasteiger partial charge is 0.341 e. The third-order valence-corrected chi connectivity index (χ3v) is 4.08. The van der Waals surface area contributed by atoms with Crippen LogP contribution in [0, 0.1) is 0 Å². The first-order valence-electron chi connectivity index (χ1n) is 7.65. The van der Waals surface area contributed by atoms with Crippen LogP contribution >= 0.6 is 0 Å². The largest absolute Gasteiger partial charge is 0.465 e. The van der Waals surface area contributed by atoms with Gasteiger partial charge in [0.05, 0.1) is 12.8 Å². The molecule has 1 aromatic rings. The number of nitrogens with two attached hydrogens (primary N) is 1. The molecule has 1 aliphatic rings. The molecule has 122 valence electrons. The van der Waals surface area contributed by atoms with Crippen molar-refractivity contribution in [1.29, 1.82) is 0 Å². The molecule has 1 aliphatic heterocycles. The molecule has 1 saturated heterocycles. The summed E-state index contributed by atoms with van der Waals surface area (Å²) in [5, 5.41) is 0.